The van der Waals surface area contributed by atoms with Gasteiger partial charge in [0.05, 0.1) is 5.56 Å². The number of carbonyl (C=O) groups excluding carboxylic acids is 2. The second-order valence-electron chi connectivity index (χ2n) is 6.14. The maximum Gasteiger partial charge on any atom is 0.335 e. The smallest absolute Gasteiger partial charge is 0.335 e. The number of aromatic carboxylic acids is 1. The lowest BCUT2D eigenvalue weighted by atomic mass is 10.0. The van der Waals surface area contributed by atoms with E-state index < -0.39 is 11.9 Å². The minimum Gasteiger partial charge on any atom is -0.478 e. The number of carbonyl (C=O) groups is 3. The van der Waals surface area contributed by atoms with Gasteiger partial charge in [-0.05, 0) is 37.1 Å². The van der Waals surface area contributed by atoms with E-state index in [4.69, 9.17) is 5.11 Å². The van der Waals surface area contributed by atoms with Crippen LogP contribution in [0.1, 0.15) is 44.0 Å². The average molecular weight is 353 g/mol. The molecule has 0 radical (unpaired) electrons. The lowest BCUT2D eigenvalue weighted by Gasteiger charge is -2.32. The average Bonchev–Trinajstić information content (AvgIpc) is 2.68. The van der Waals surface area contributed by atoms with Gasteiger partial charge in [0.1, 0.15) is 5.69 Å². The largest absolute Gasteiger partial charge is 0.478 e. The fraction of sp³-hybridized carbons (Fsp3) is 0.263. The van der Waals surface area contributed by atoms with Crippen LogP contribution in [0.25, 0.3) is 0 Å². The van der Waals surface area contributed by atoms with Gasteiger partial charge in [0.15, 0.2) is 0 Å². The molecular formula is C19H19N3O4. The summed E-state index contributed by atoms with van der Waals surface area (Å²) < 4.78 is 0. The number of carboxylic acids is 1. The summed E-state index contributed by atoms with van der Waals surface area (Å²) in [5.41, 5.74) is 0.755. The molecule has 0 atom stereocenters. The Hall–Kier alpha value is -3.22. The van der Waals surface area contributed by atoms with Gasteiger partial charge >= 0.3 is 5.97 Å². The molecule has 3 rings (SSSR count). The van der Waals surface area contributed by atoms with Gasteiger partial charge in [-0.2, -0.15) is 0 Å². The van der Waals surface area contributed by atoms with Crippen molar-refractivity contribution in [3.8, 4) is 0 Å². The van der Waals surface area contributed by atoms with Crippen LogP contribution in [0.15, 0.2) is 48.7 Å². The number of hydrogen-bond donors (Lipinski definition) is 2. The van der Waals surface area contributed by atoms with Crippen molar-refractivity contribution >= 4 is 17.8 Å². The number of likely N-dealkylation sites (tertiary alicyclic amines) is 1. The molecule has 0 spiro atoms. The Morgan fingerprint density at radius 1 is 1.04 bits per heavy atom. The van der Waals surface area contributed by atoms with E-state index in [0.29, 0.717) is 31.5 Å². The van der Waals surface area contributed by atoms with Gasteiger partial charge in [-0.1, -0.05) is 18.2 Å². The summed E-state index contributed by atoms with van der Waals surface area (Å²) in [6.45, 7) is 1.11. The van der Waals surface area contributed by atoms with E-state index in [0.717, 1.165) is 0 Å². The Kier molecular flexibility index (Phi) is 5.26. The predicted octanol–water partition coefficient (Wildman–Crippen LogP) is 1.81. The highest BCUT2D eigenvalue weighted by atomic mass is 16.4. The van der Waals surface area contributed by atoms with Crippen LogP contribution in [0.2, 0.25) is 0 Å². The highest BCUT2D eigenvalue weighted by Crippen LogP contribution is 2.14. The topological polar surface area (TPSA) is 99.6 Å². The molecule has 0 aliphatic carbocycles. The van der Waals surface area contributed by atoms with E-state index in [2.05, 4.69) is 10.3 Å². The third kappa shape index (κ3) is 4.05. The molecular weight excluding hydrogens is 334 g/mol. The maximum atomic E-state index is 12.4. The number of aromatic nitrogens is 1. The Bertz CT molecular complexity index is 815. The van der Waals surface area contributed by atoms with Gasteiger partial charge in [0.25, 0.3) is 11.8 Å². The zero-order chi connectivity index (χ0) is 18.5. The SMILES string of the molecule is O=C(O)c1ccnc(C(=O)NC2CCN(C(=O)c3ccccc3)CC2)c1. The van der Waals surface area contributed by atoms with Gasteiger partial charge in [-0.15, -0.1) is 0 Å². The molecule has 0 unspecified atom stereocenters. The van der Waals surface area contributed by atoms with E-state index in [1.165, 1.54) is 18.3 Å². The molecule has 7 nitrogen and oxygen atoms in total. The van der Waals surface area contributed by atoms with Gasteiger partial charge in [-0.3, -0.25) is 14.6 Å². The first-order valence-corrected chi connectivity index (χ1v) is 8.39. The summed E-state index contributed by atoms with van der Waals surface area (Å²) in [5, 5.41) is 11.9. The quantitative estimate of drug-likeness (QED) is 0.873. The molecule has 1 saturated heterocycles. The Labute approximate surface area is 150 Å². The van der Waals surface area contributed by atoms with E-state index >= 15 is 0 Å². The number of pyridine rings is 1. The maximum absolute atomic E-state index is 12.4. The van der Waals surface area contributed by atoms with Crippen LogP contribution in [0.3, 0.4) is 0 Å². The number of carboxylic acid groups (broad SMARTS) is 1. The number of amides is 2. The van der Waals surface area contributed by atoms with Crippen LogP contribution in [0, 0.1) is 0 Å². The Morgan fingerprint density at radius 3 is 2.38 bits per heavy atom. The molecule has 2 N–H and O–H groups in total. The molecule has 2 amide bonds. The molecule has 1 aromatic heterocycles. The lowest BCUT2D eigenvalue weighted by molar-refractivity contribution is 0.0688. The first-order chi connectivity index (χ1) is 12.5. The normalized spacial score (nSPS) is 14.7. The summed E-state index contributed by atoms with van der Waals surface area (Å²) in [7, 11) is 0. The predicted molar refractivity (Wildman–Crippen MR) is 94.0 cm³/mol. The third-order valence-electron chi connectivity index (χ3n) is 4.38. The molecule has 7 heteroatoms. The molecule has 2 heterocycles. The fourth-order valence-corrected chi connectivity index (χ4v) is 2.94. The van der Waals surface area contributed by atoms with E-state index in [1.807, 2.05) is 18.2 Å². The zero-order valence-corrected chi connectivity index (χ0v) is 14.1. The van der Waals surface area contributed by atoms with Crippen LogP contribution < -0.4 is 5.32 Å². The van der Waals surface area contributed by atoms with Crippen molar-refractivity contribution < 1.29 is 19.5 Å². The minimum atomic E-state index is -1.10. The van der Waals surface area contributed by atoms with Crippen molar-refractivity contribution in [1.29, 1.82) is 0 Å². The minimum absolute atomic E-state index is 0.00815. The van der Waals surface area contributed by atoms with Gasteiger partial charge in [0.2, 0.25) is 0 Å². The van der Waals surface area contributed by atoms with Crippen molar-refractivity contribution in [2.45, 2.75) is 18.9 Å². The van der Waals surface area contributed by atoms with E-state index in [-0.39, 0.29) is 23.2 Å². The van der Waals surface area contributed by atoms with E-state index in [9.17, 15) is 14.4 Å². The van der Waals surface area contributed by atoms with Crippen molar-refractivity contribution in [1.82, 2.24) is 15.2 Å². The Morgan fingerprint density at radius 2 is 1.73 bits per heavy atom. The molecule has 1 fully saturated rings. The van der Waals surface area contributed by atoms with Gasteiger partial charge in [0, 0.05) is 30.9 Å². The monoisotopic (exact) mass is 353 g/mol. The van der Waals surface area contributed by atoms with Crippen molar-refractivity contribution in [2.75, 3.05) is 13.1 Å². The number of nitrogens with zero attached hydrogens (tertiary/aromatic N) is 2. The highest BCUT2D eigenvalue weighted by molar-refractivity contribution is 5.96. The van der Waals surface area contributed by atoms with Gasteiger partial charge in [-0.25, -0.2) is 4.79 Å². The third-order valence-corrected chi connectivity index (χ3v) is 4.38. The first-order valence-electron chi connectivity index (χ1n) is 8.39. The number of rotatable bonds is 4. The molecule has 26 heavy (non-hydrogen) atoms. The van der Waals surface area contributed by atoms with Crippen LogP contribution >= 0.6 is 0 Å². The number of piperidine rings is 1. The van der Waals surface area contributed by atoms with Gasteiger partial charge < -0.3 is 15.3 Å². The van der Waals surface area contributed by atoms with Crippen LogP contribution in [0.5, 0.6) is 0 Å². The van der Waals surface area contributed by atoms with Crippen molar-refractivity contribution in [3.05, 3.63) is 65.5 Å². The number of nitrogens with one attached hydrogen (secondary N) is 1. The second kappa shape index (κ2) is 7.77. The molecule has 0 saturated carbocycles. The first kappa shape index (κ1) is 17.6. The zero-order valence-electron chi connectivity index (χ0n) is 14.1. The summed E-state index contributed by atoms with van der Waals surface area (Å²) >= 11 is 0. The van der Waals surface area contributed by atoms with Crippen LogP contribution in [0.4, 0.5) is 0 Å². The van der Waals surface area contributed by atoms with Crippen LogP contribution in [-0.4, -0.2) is 51.9 Å². The molecule has 0 bridgehead atoms. The summed E-state index contributed by atoms with van der Waals surface area (Å²) in [5.74, 6) is -1.51. The molecule has 2 aromatic rings. The highest BCUT2D eigenvalue weighted by Gasteiger charge is 2.25. The molecule has 1 aliphatic heterocycles. The summed E-state index contributed by atoms with van der Waals surface area (Å²) in [6.07, 6.45) is 2.59. The standard InChI is InChI=1S/C19H19N3O4/c23-17(16-12-14(19(25)26)6-9-20-16)21-15-7-10-22(11-8-15)18(24)13-4-2-1-3-5-13/h1-6,9,12,15H,7-8,10-11H2,(H,21,23)(H,25,26). The molecule has 1 aliphatic rings. The number of hydrogen-bond acceptors (Lipinski definition) is 4. The molecule has 134 valence electrons. The number of benzene rings is 1. The lowest BCUT2D eigenvalue weighted by Crippen LogP contribution is -2.46. The molecule has 1 aromatic carbocycles. The summed E-state index contributed by atoms with van der Waals surface area (Å²) in [4.78, 5) is 41.4. The van der Waals surface area contributed by atoms with E-state index in [1.54, 1.807) is 17.0 Å². The summed E-state index contributed by atoms with van der Waals surface area (Å²) in [6, 6.07) is 11.6. The van der Waals surface area contributed by atoms with Crippen LogP contribution in [-0.2, 0) is 0 Å². The van der Waals surface area contributed by atoms with Crippen molar-refractivity contribution in [3.63, 3.8) is 0 Å². The fourth-order valence-electron chi connectivity index (χ4n) is 2.94. The van der Waals surface area contributed by atoms with Crippen molar-refractivity contribution in [2.24, 2.45) is 0 Å². The Balaban J connectivity index is 1.55. The second-order valence-corrected chi connectivity index (χ2v) is 6.14.